The van der Waals surface area contributed by atoms with E-state index in [-0.39, 0.29) is 17.1 Å². The van der Waals surface area contributed by atoms with Crippen LogP contribution in [-0.4, -0.2) is 30.0 Å². The van der Waals surface area contributed by atoms with Crippen molar-refractivity contribution >= 4 is 0 Å². The molecule has 2 saturated carbocycles. The van der Waals surface area contributed by atoms with Crippen molar-refractivity contribution in [2.75, 3.05) is 7.11 Å². The number of methoxy groups -OCH3 is 1. The van der Waals surface area contributed by atoms with Crippen LogP contribution >= 0.6 is 0 Å². The highest BCUT2D eigenvalue weighted by Gasteiger charge is 2.79. The lowest BCUT2D eigenvalue weighted by Crippen LogP contribution is -2.52. The van der Waals surface area contributed by atoms with Gasteiger partial charge in [-0.25, -0.2) is 0 Å². The number of ether oxygens (including phenoxy) is 2. The molecule has 1 aromatic rings. The Kier molecular flexibility index (Phi) is 2.47. The zero-order valence-corrected chi connectivity index (χ0v) is 13.3. The number of rotatable bonds is 1. The maximum Gasteiger partial charge on any atom is 0.119 e. The molecule has 0 unspecified atom stereocenters. The van der Waals surface area contributed by atoms with Crippen LogP contribution in [0.1, 0.15) is 49.7 Å². The standard InChI is InChI=1S/C19H24O3/c1-18-8-7-14-13-5-4-12(21-2)9-11(13)3-6-15(14)19(18)17(22-19)10-16(18)20/h4-5,9,14-17,20H,3,6-8,10H2,1-2H3/t14-,15-,16+,17+,18-,19+/m1/s1. The molecule has 118 valence electrons. The fraction of sp³-hybridized carbons (Fsp3) is 0.684. The maximum atomic E-state index is 10.5. The SMILES string of the molecule is COc1ccc2c(c1)CC[C@@H]1[C@@H]2CC[C@]2(C)[C@@H](O)C[C@@H]3O[C@]312. The van der Waals surface area contributed by atoms with Crippen LogP contribution < -0.4 is 4.74 Å². The van der Waals surface area contributed by atoms with Gasteiger partial charge in [0.1, 0.15) is 11.4 Å². The van der Waals surface area contributed by atoms with E-state index in [1.165, 1.54) is 24.0 Å². The average Bonchev–Trinajstić information content (AvgIpc) is 3.19. The van der Waals surface area contributed by atoms with Gasteiger partial charge in [-0.15, -0.1) is 0 Å². The highest BCUT2D eigenvalue weighted by molar-refractivity contribution is 5.43. The first-order valence-electron chi connectivity index (χ1n) is 8.63. The van der Waals surface area contributed by atoms with Gasteiger partial charge in [-0.2, -0.15) is 0 Å². The molecule has 3 aliphatic carbocycles. The summed E-state index contributed by atoms with van der Waals surface area (Å²) in [6.07, 6.45) is 5.52. The second-order valence-electron chi connectivity index (χ2n) is 7.92. The number of epoxide rings is 1. The van der Waals surface area contributed by atoms with Gasteiger partial charge in [0, 0.05) is 11.8 Å². The van der Waals surface area contributed by atoms with Crippen LogP contribution in [0.2, 0.25) is 0 Å². The Bertz CT molecular complexity index is 642. The molecule has 0 aromatic heterocycles. The molecule has 3 fully saturated rings. The van der Waals surface area contributed by atoms with Gasteiger partial charge in [0.2, 0.25) is 0 Å². The fourth-order valence-corrected chi connectivity index (χ4v) is 6.10. The second kappa shape index (κ2) is 4.07. The van der Waals surface area contributed by atoms with Crippen LogP contribution in [0.15, 0.2) is 18.2 Å². The van der Waals surface area contributed by atoms with E-state index in [0.29, 0.717) is 17.9 Å². The Morgan fingerprint density at radius 2 is 2.18 bits per heavy atom. The van der Waals surface area contributed by atoms with E-state index in [1.807, 2.05) is 0 Å². The summed E-state index contributed by atoms with van der Waals surface area (Å²) in [6, 6.07) is 6.58. The number of fused-ring (bicyclic) bond motifs is 3. The molecule has 3 heteroatoms. The van der Waals surface area contributed by atoms with Gasteiger partial charge in [0.15, 0.2) is 0 Å². The van der Waals surface area contributed by atoms with Crippen molar-refractivity contribution in [1.82, 2.24) is 0 Å². The molecule has 4 aliphatic rings. The molecule has 1 spiro atoms. The average molecular weight is 300 g/mol. The summed E-state index contributed by atoms with van der Waals surface area (Å²) in [5.41, 5.74) is 2.90. The quantitative estimate of drug-likeness (QED) is 0.811. The zero-order valence-electron chi connectivity index (χ0n) is 13.3. The molecule has 5 rings (SSSR count). The molecule has 0 radical (unpaired) electrons. The minimum Gasteiger partial charge on any atom is -0.497 e. The molecule has 1 aliphatic heterocycles. The summed E-state index contributed by atoms with van der Waals surface area (Å²) in [6.45, 7) is 2.27. The topological polar surface area (TPSA) is 42.0 Å². The molecule has 0 bridgehead atoms. The van der Waals surface area contributed by atoms with Crippen LogP contribution in [0.5, 0.6) is 5.75 Å². The number of benzene rings is 1. The Hall–Kier alpha value is -1.06. The first-order chi connectivity index (χ1) is 10.6. The van der Waals surface area contributed by atoms with Gasteiger partial charge in [0.05, 0.1) is 19.3 Å². The molecule has 6 atom stereocenters. The largest absolute Gasteiger partial charge is 0.497 e. The van der Waals surface area contributed by atoms with E-state index in [1.54, 1.807) is 7.11 Å². The van der Waals surface area contributed by atoms with Gasteiger partial charge in [-0.05, 0) is 60.8 Å². The third kappa shape index (κ3) is 1.36. The third-order valence-corrected chi connectivity index (χ3v) is 7.31. The molecule has 1 N–H and O–H groups in total. The Morgan fingerprint density at radius 1 is 1.32 bits per heavy atom. The van der Waals surface area contributed by atoms with Crippen LogP contribution in [0.3, 0.4) is 0 Å². The van der Waals surface area contributed by atoms with Gasteiger partial charge in [0.25, 0.3) is 0 Å². The first-order valence-corrected chi connectivity index (χ1v) is 8.63. The predicted octanol–water partition coefficient (Wildman–Crippen LogP) is 3.04. The Morgan fingerprint density at radius 3 is 3.00 bits per heavy atom. The van der Waals surface area contributed by atoms with E-state index in [0.717, 1.165) is 25.0 Å². The number of aliphatic hydroxyl groups excluding tert-OH is 1. The van der Waals surface area contributed by atoms with Gasteiger partial charge < -0.3 is 14.6 Å². The second-order valence-corrected chi connectivity index (χ2v) is 7.92. The molecule has 1 heterocycles. The van der Waals surface area contributed by atoms with Crippen molar-refractivity contribution in [3.05, 3.63) is 29.3 Å². The third-order valence-electron chi connectivity index (χ3n) is 7.31. The molecule has 0 amide bonds. The lowest BCUT2D eigenvalue weighted by Gasteiger charge is -2.50. The number of hydrogen-bond donors (Lipinski definition) is 1. The predicted molar refractivity (Wildman–Crippen MR) is 83.1 cm³/mol. The minimum absolute atomic E-state index is 0.0250. The van der Waals surface area contributed by atoms with Gasteiger partial charge in [-0.1, -0.05) is 13.0 Å². The van der Waals surface area contributed by atoms with Gasteiger partial charge >= 0.3 is 0 Å². The van der Waals surface area contributed by atoms with Crippen molar-refractivity contribution in [3.8, 4) is 5.75 Å². The van der Waals surface area contributed by atoms with E-state index in [4.69, 9.17) is 9.47 Å². The minimum atomic E-state index is -0.176. The van der Waals surface area contributed by atoms with Crippen LogP contribution in [0.25, 0.3) is 0 Å². The zero-order chi connectivity index (χ0) is 15.1. The lowest BCUT2D eigenvalue weighted by molar-refractivity contribution is -0.0810. The van der Waals surface area contributed by atoms with E-state index in [2.05, 4.69) is 25.1 Å². The van der Waals surface area contributed by atoms with Crippen LogP contribution in [-0.2, 0) is 11.2 Å². The number of hydrogen-bond acceptors (Lipinski definition) is 3. The summed E-state index contributed by atoms with van der Waals surface area (Å²) in [7, 11) is 1.74. The van der Waals surface area contributed by atoms with Crippen molar-refractivity contribution in [1.29, 1.82) is 0 Å². The lowest BCUT2D eigenvalue weighted by atomic mass is 9.54. The number of aryl methyl sites for hydroxylation is 1. The molecule has 1 saturated heterocycles. The normalized spacial score (nSPS) is 48.0. The van der Waals surface area contributed by atoms with E-state index in [9.17, 15) is 5.11 Å². The van der Waals surface area contributed by atoms with Crippen LogP contribution in [0.4, 0.5) is 0 Å². The van der Waals surface area contributed by atoms with Gasteiger partial charge in [-0.3, -0.25) is 0 Å². The highest BCUT2D eigenvalue weighted by atomic mass is 16.6. The molecule has 22 heavy (non-hydrogen) atoms. The highest BCUT2D eigenvalue weighted by Crippen LogP contribution is 2.72. The van der Waals surface area contributed by atoms with Crippen molar-refractivity contribution < 1.29 is 14.6 Å². The van der Waals surface area contributed by atoms with E-state index < -0.39 is 0 Å². The molecular weight excluding hydrogens is 276 g/mol. The van der Waals surface area contributed by atoms with Crippen LogP contribution in [0, 0.1) is 11.3 Å². The summed E-state index contributed by atoms with van der Waals surface area (Å²) in [5.74, 6) is 2.14. The Balaban J connectivity index is 1.56. The molecular formula is C19H24O3. The summed E-state index contributed by atoms with van der Waals surface area (Å²) >= 11 is 0. The maximum absolute atomic E-state index is 10.5. The van der Waals surface area contributed by atoms with Crippen molar-refractivity contribution in [3.63, 3.8) is 0 Å². The Labute approximate surface area is 131 Å². The molecule has 1 aromatic carbocycles. The smallest absolute Gasteiger partial charge is 0.119 e. The van der Waals surface area contributed by atoms with Crippen molar-refractivity contribution in [2.45, 2.75) is 62.8 Å². The van der Waals surface area contributed by atoms with E-state index >= 15 is 0 Å². The summed E-state index contributed by atoms with van der Waals surface area (Å²) < 4.78 is 11.6. The fourth-order valence-electron chi connectivity index (χ4n) is 6.10. The first kappa shape index (κ1) is 13.4. The summed E-state index contributed by atoms with van der Waals surface area (Å²) in [5, 5.41) is 10.5. The number of aliphatic hydroxyl groups is 1. The summed E-state index contributed by atoms with van der Waals surface area (Å²) in [4.78, 5) is 0. The van der Waals surface area contributed by atoms with Crippen molar-refractivity contribution in [2.24, 2.45) is 11.3 Å². The monoisotopic (exact) mass is 300 g/mol. The molecule has 3 nitrogen and oxygen atoms in total.